The Morgan fingerprint density at radius 2 is 2.06 bits per heavy atom. The molecule has 0 radical (unpaired) electrons. The number of halogens is 1. The van der Waals surface area contributed by atoms with Crippen LogP contribution >= 0.6 is 0 Å². The van der Waals surface area contributed by atoms with Crippen LogP contribution in [-0.4, -0.2) is 47.4 Å². The minimum absolute atomic E-state index is 0.00165. The molecular formula is C27H27FN4O2. The fraction of sp³-hybridized carbons (Fsp3) is 0.296. The number of nitrogens with one attached hydrogen (secondary N) is 1. The Labute approximate surface area is 198 Å². The fourth-order valence-electron chi connectivity index (χ4n) is 4.13. The summed E-state index contributed by atoms with van der Waals surface area (Å²) >= 11 is 0. The maximum absolute atomic E-state index is 13.8. The van der Waals surface area contributed by atoms with Crippen LogP contribution in [0.25, 0.3) is 10.9 Å². The lowest BCUT2D eigenvalue weighted by atomic mass is 10.0. The molecule has 4 rings (SSSR count). The first-order chi connectivity index (χ1) is 16.6. The minimum Gasteiger partial charge on any atom is -0.496 e. The number of methoxy groups -OCH3 is 1. The number of anilines is 2. The fourth-order valence-corrected chi connectivity index (χ4v) is 4.13. The van der Waals surface area contributed by atoms with E-state index in [-0.39, 0.29) is 17.8 Å². The van der Waals surface area contributed by atoms with E-state index < -0.39 is 5.82 Å². The molecule has 1 aromatic heterocycles. The Morgan fingerprint density at radius 3 is 2.82 bits per heavy atom. The second-order valence-electron chi connectivity index (χ2n) is 8.27. The van der Waals surface area contributed by atoms with Gasteiger partial charge in [-0.15, -0.1) is 6.42 Å². The van der Waals surface area contributed by atoms with Crippen molar-refractivity contribution in [3.8, 4) is 18.1 Å². The van der Waals surface area contributed by atoms with Gasteiger partial charge in [0.15, 0.2) is 5.78 Å². The van der Waals surface area contributed by atoms with Crippen molar-refractivity contribution in [3.63, 3.8) is 0 Å². The summed E-state index contributed by atoms with van der Waals surface area (Å²) in [7, 11) is 1.57. The van der Waals surface area contributed by atoms with E-state index >= 15 is 0 Å². The first-order valence-electron chi connectivity index (χ1n) is 11.3. The standard InChI is InChI=1S/C27H27FN4O2/c1-3-19-14-21(9-10-24(19)28)31-27-23-16-20(26(34-2)17-25(23)29-18-30-27)15-22(33)8-7-13-32-11-5-4-6-12-32/h1,7-10,14,16-18H,4-6,11-13,15H2,2H3,(H,29,30,31)/b8-7+. The van der Waals surface area contributed by atoms with Gasteiger partial charge in [-0.25, -0.2) is 14.4 Å². The Hall–Kier alpha value is -3.76. The van der Waals surface area contributed by atoms with E-state index in [9.17, 15) is 9.18 Å². The zero-order valence-corrected chi connectivity index (χ0v) is 19.2. The summed E-state index contributed by atoms with van der Waals surface area (Å²) in [4.78, 5) is 23.7. The topological polar surface area (TPSA) is 67.4 Å². The molecule has 1 N–H and O–H groups in total. The van der Waals surface area contributed by atoms with E-state index in [1.807, 2.05) is 12.1 Å². The Morgan fingerprint density at radius 1 is 1.24 bits per heavy atom. The van der Waals surface area contributed by atoms with Gasteiger partial charge in [-0.1, -0.05) is 18.4 Å². The lowest BCUT2D eigenvalue weighted by Crippen LogP contribution is -2.29. The Kier molecular flexibility index (Phi) is 7.51. The van der Waals surface area contributed by atoms with Gasteiger partial charge in [0.2, 0.25) is 0 Å². The molecule has 0 aliphatic carbocycles. The molecule has 3 aromatic rings. The third-order valence-electron chi connectivity index (χ3n) is 5.90. The number of allylic oxidation sites excluding steroid dienone is 1. The highest BCUT2D eigenvalue weighted by Crippen LogP contribution is 2.30. The molecule has 0 saturated carbocycles. The zero-order chi connectivity index (χ0) is 23.9. The highest BCUT2D eigenvalue weighted by Gasteiger charge is 2.14. The summed E-state index contributed by atoms with van der Waals surface area (Å²) in [6, 6.07) is 8.10. The number of benzene rings is 2. The zero-order valence-electron chi connectivity index (χ0n) is 19.2. The van der Waals surface area contributed by atoms with Crippen molar-refractivity contribution in [1.82, 2.24) is 14.9 Å². The number of rotatable bonds is 8. The van der Waals surface area contributed by atoms with Crippen molar-refractivity contribution in [2.24, 2.45) is 0 Å². The quantitative estimate of drug-likeness (QED) is 0.391. The van der Waals surface area contributed by atoms with Crippen LogP contribution in [0.15, 0.2) is 48.8 Å². The summed E-state index contributed by atoms with van der Waals surface area (Å²) in [5, 5.41) is 3.90. The molecule has 7 heteroatoms. The Bertz CT molecular complexity index is 1260. The molecule has 0 atom stereocenters. The van der Waals surface area contributed by atoms with E-state index in [0.717, 1.165) is 30.6 Å². The van der Waals surface area contributed by atoms with Crippen LogP contribution in [0.4, 0.5) is 15.9 Å². The summed E-state index contributed by atoms with van der Waals surface area (Å²) in [5.74, 6) is 2.98. The first-order valence-corrected chi connectivity index (χ1v) is 11.3. The van der Waals surface area contributed by atoms with Gasteiger partial charge < -0.3 is 10.1 Å². The van der Waals surface area contributed by atoms with Crippen molar-refractivity contribution in [2.45, 2.75) is 25.7 Å². The normalized spacial score (nSPS) is 14.3. The highest BCUT2D eigenvalue weighted by atomic mass is 19.1. The van der Waals surface area contributed by atoms with E-state index in [1.54, 1.807) is 31.4 Å². The van der Waals surface area contributed by atoms with E-state index in [1.165, 1.54) is 31.7 Å². The number of terminal acetylenes is 1. The molecule has 1 fully saturated rings. The SMILES string of the molecule is C#Cc1cc(Nc2ncnc3cc(OC)c(CC(=O)/C=C/CN4CCCCC4)cc23)ccc1F. The van der Waals surface area contributed by atoms with Crippen LogP contribution in [0.1, 0.15) is 30.4 Å². The number of hydrogen-bond acceptors (Lipinski definition) is 6. The average Bonchev–Trinajstić information content (AvgIpc) is 2.85. The second kappa shape index (κ2) is 10.9. The molecule has 2 heterocycles. The Balaban J connectivity index is 1.56. The predicted octanol–water partition coefficient (Wildman–Crippen LogP) is 4.66. The molecule has 174 valence electrons. The van der Waals surface area contributed by atoms with E-state index in [0.29, 0.717) is 22.8 Å². The van der Waals surface area contributed by atoms with Crippen LogP contribution in [-0.2, 0) is 11.2 Å². The third-order valence-corrected chi connectivity index (χ3v) is 5.90. The predicted molar refractivity (Wildman–Crippen MR) is 132 cm³/mol. The van der Waals surface area contributed by atoms with Crippen LogP contribution in [0, 0.1) is 18.2 Å². The lowest BCUT2D eigenvalue weighted by molar-refractivity contribution is -0.114. The van der Waals surface area contributed by atoms with Crippen molar-refractivity contribution >= 4 is 28.2 Å². The molecule has 0 spiro atoms. The maximum Gasteiger partial charge on any atom is 0.159 e. The third kappa shape index (κ3) is 5.59. The number of carbonyl (C=O) groups is 1. The van der Waals surface area contributed by atoms with Crippen LogP contribution in [0.5, 0.6) is 5.75 Å². The first kappa shape index (κ1) is 23.4. The van der Waals surface area contributed by atoms with Crippen LogP contribution < -0.4 is 10.1 Å². The largest absolute Gasteiger partial charge is 0.496 e. The van der Waals surface area contributed by atoms with Crippen molar-refractivity contribution in [3.05, 3.63) is 65.8 Å². The van der Waals surface area contributed by atoms with E-state index in [4.69, 9.17) is 11.2 Å². The molecular weight excluding hydrogens is 431 g/mol. The number of fused-ring (bicyclic) bond motifs is 1. The summed E-state index contributed by atoms with van der Waals surface area (Å²) in [6.45, 7) is 2.97. The van der Waals surface area contributed by atoms with E-state index in [2.05, 4.69) is 26.1 Å². The summed E-state index contributed by atoms with van der Waals surface area (Å²) < 4.78 is 19.3. The maximum atomic E-state index is 13.8. The van der Waals surface area contributed by atoms with Crippen molar-refractivity contribution in [2.75, 3.05) is 32.1 Å². The molecule has 34 heavy (non-hydrogen) atoms. The number of hydrogen-bond donors (Lipinski definition) is 1. The minimum atomic E-state index is -0.459. The lowest BCUT2D eigenvalue weighted by Gasteiger charge is -2.24. The van der Waals surface area contributed by atoms with Gasteiger partial charge in [0, 0.05) is 35.7 Å². The van der Waals surface area contributed by atoms with Crippen LogP contribution in [0.2, 0.25) is 0 Å². The number of likely N-dealkylation sites (tertiary alicyclic amines) is 1. The number of nitrogens with zero attached hydrogens (tertiary/aromatic N) is 3. The van der Waals surface area contributed by atoms with Crippen molar-refractivity contribution < 1.29 is 13.9 Å². The van der Waals surface area contributed by atoms with Gasteiger partial charge in [0.05, 0.1) is 18.2 Å². The monoisotopic (exact) mass is 458 g/mol. The molecule has 2 aromatic carbocycles. The molecule has 6 nitrogen and oxygen atoms in total. The van der Waals surface area contributed by atoms with Gasteiger partial charge in [-0.2, -0.15) is 0 Å². The molecule has 0 bridgehead atoms. The molecule has 1 aliphatic heterocycles. The number of piperidine rings is 1. The van der Waals surface area contributed by atoms with Gasteiger partial charge in [0.25, 0.3) is 0 Å². The average molecular weight is 459 g/mol. The summed E-state index contributed by atoms with van der Waals surface area (Å²) in [5.41, 5.74) is 2.16. The molecule has 1 aliphatic rings. The van der Waals surface area contributed by atoms with Crippen LogP contribution in [0.3, 0.4) is 0 Å². The smallest absolute Gasteiger partial charge is 0.159 e. The number of carbonyl (C=O) groups excluding carboxylic acids is 1. The number of aromatic nitrogens is 2. The van der Waals surface area contributed by atoms with Crippen molar-refractivity contribution in [1.29, 1.82) is 0 Å². The van der Waals surface area contributed by atoms with Gasteiger partial charge in [-0.3, -0.25) is 9.69 Å². The second-order valence-corrected chi connectivity index (χ2v) is 8.27. The highest BCUT2D eigenvalue weighted by molar-refractivity contribution is 5.96. The number of ether oxygens (including phenoxy) is 1. The molecule has 0 amide bonds. The van der Waals surface area contributed by atoms with Gasteiger partial charge in [0.1, 0.15) is 23.7 Å². The van der Waals surface area contributed by atoms with Gasteiger partial charge >= 0.3 is 0 Å². The number of ketones is 1. The molecule has 0 unspecified atom stereocenters. The van der Waals surface area contributed by atoms with Gasteiger partial charge in [-0.05, 0) is 56.3 Å². The summed E-state index contributed by atoms with van der Waals surface area (Å²) in [6.07, 6.45) is 14.3. The molecule has 1 saturated heterocycles.